The summed E-state index contributed by atoms with van der Waals surface area (Å²) in [6.07, 6.45) is 4.46. The number of rotatable bonds is 7. The van der Waals surface area contributed by atoms with Gasteiger partial charge >= 0.3 is 0 Å². The van der Waals surface area contributed by atoms with Gasteiger partial charge in [0.25, 0.3) is 5.56 Å². The number of pyridine rings is 1. The number of nitrogens with one attached hydrogen (secondary N) is 2. The summed E-state index contributed by atoms with van der Waals surface area (Å²) in [6, 6.07) is 11.1. The van der Waals surface area contributed by atoms with E-state index in [9.17, 15) is 4.79 Å². The van der Waals surface area contributed by atoms with Crippen LogP contribution in [0.15, 0.2) is 46.6 Å². The molecule has 5 nitrogen and oxygen atoms in total. The van der Waals surface area contributed by atoms with E-state index in [2.05, 4.69) is 71.5 Å². The van der Waals surface area contributed by atoms with Crippen LogP contribution in [0.3, 0.4) is 0 Å². The van der Waals surface area contributed by atoms with E-state index in [1.165, 1.54) is 29.4 Å². The Labute approximate surface area is 201 Å². The maximum absolute atomic E-state index is 12.6. The van der Waals surface area contributed by atoms with Crippen LogP contribution in [-0.4, -0.2) is 40.8 Å². The number of nitrogens with zero attached hydrogens (tertiary/aromatic N) is 2. The Morgan fingerprint density at radius 2 is 1.97 bits per heavy atom. The first-order chi connectivity index (χ1) is 15.8. The Morgan fingerprint density at radius 1 is 1.27 bits per heavy atom. The zero-order valence-corrected chi connectivity index (χ0v) is 21.3. The molecule has 0 amide bonds. The lowest BCUT2D eigenvalue weighted by Gasteiger charge is -2.34. The lowest BCUT2D eigenvalue weighted by Crippen LogP contribution is -2.33. The van der Waals surface area contributed by atoms with Gasteiger partial charge in [0.1, 0.15) is 0 Å². The van der Waals surface area contributed by atoms with Crippen molar-refractivity contribution in [3.8, 4) is 0 Å². The molecule has 176 valence electrons. The molecular formula is C27H36N4OS. The zero-order chi connectivity index (χ0) is 23.7. The van der Waals surface area contributed by atoms with Crippen molar-refractivity contribution in [2.75, 3.05) is 26.4 Å². The first-order valence-corrected chi connectivity index (χ1v) is 13.0. The maximum atomic E-state index is 12.6. The van der Waals surface area contributed by atoms with Crippen LogP contribution in [0.25, 0.3) is 16.6 Å². The van der Waals surface area contributed by atoms with Crippen molar-refractivity contribution in [1.82, 2.24) is 19.8 Å². The Balaban J connectivity index is 1.65. The van der Waals surface area contributed by atoms with Gasteiger partial charge in [-0.1, -0.05) is 24.8 Å². The van der Waals surface area contributed by atoms with Gasteiger partial charge in [-0.05, 0) is 78.1 Å². The first kappa shape index (κ1) is 23.7. The molecule has 1 atom stereocenters. The molecule has 3 aromatic rings. The normalized spacial score (nSPS) is 16.3. The highest BCUT2D eigenvalue weighted by atomic mass is 32.2. The molecule has 6 heteroatoms. The molecule has 4 rings (SSSR count). The first-order valence-electron chi connectivity index (χ1n) is 11.8. The molecule has 1 aliphatic heterocycles. The lowest BCUT2D eigenvalue weighted by atomic mass is 9.90. The fraction of sp³-hybridized carbons (Fsp3) is 0.444. The summed E-state index contributed by atoms with van der Waals surface area (Å²) in [6.45, 7) is 13.7. The second-order valence-electron chi connectivity index (χ2n) is 9.39. The van der Waals surface area contributed by atoms with Gasteiger partial charge in [-0.2, -0.15) is 0 Å². The molecule has 0 spiro atoms. The Kier molecular flexibility index (Phi) is 7.05. The minimum atomic E-state index is -0.0327. The highest BCUT2D eigenvalue weighted by Crippen LogP contribution is 2.37. The third-order valence-corrected chi connectivity index (χ3v) is 8.04. The van der Waals surface area contributed by atoms with Gasteiger partial charge in [-0.15, -0.1) is 11.8 Å². The number of aromatic nitrogens is 2. The molecule has 1 aliphatic rings. The fourth-order valence-electron chi connectivity index (χ4n) is 5.34. The third-order valence-electron chi connectivity index (χ3n) is 7.24. The number of para-hydroxylation sites is 1. The summed E-state index contributed by atoms with van der Waals surface area (Å²) >= 11 is 1.60. The van der Waals surface area contributed by atoms with Crippen LogP contribution in [0.2, 0.25) is 0 Å². The van der Waals surface area contributed by atoms with Crippen LogP contribution in [0.1, 0.15) is 48.3 Å². The van der Waals surface area contributed by atoms with Crippen molar-refractivity contribution < 1.29 is 0 Å². The van der Waals surface area contributed by atoms with E-state index in [1.807, 2.05) is 19.2 Å². The predicted molar refractivity (Wildman–Crippen MR) is 141 cm³/mol. The molecule has 1 saturated heterocycles. The number of hydrogen-bond acceptors (Lipinski definition) is 4. The molecule has 0 bridgehead atoms. The van der Waals surface area contributed by atoms with Crippen molar-refractivity contribution in [1.29, 1.82) is 0 Å². The van der Waals surface area contributed by atoms with Crippen LogP contribution < -0.4 is 10.9 Å². The van der Waals surface area contributed by atoms with Crippen LogP contribution in [0.5, 0.6) is 0 Å². The highest BCUT2D eigenvalue weighted by molar-refractivity contribution is 7.98. The highest BCUT2D eigenvalue weighted by Gasteiger charge is 2.27. The number of benzene rings is 1. The van der Waals surface area contributed by atoms with E-state index in [1.54, 1.807) is 11.8 Å². The average molecular weight is 465 g/mol. The Hall–Kier alpha value is -2.44. The van der Waals surface area contributed by atoms with E-state index in [4.69, 9.17) is 0 Å². The molecule has 33 heavy (non-hydrogen) atoms. The van der Waals surface area contributed by atoms with Crippen molar-refractivity contribution in [3.05, 3.63) is 69.8 Å². The fourth-order valence-corrected chi connectivity index (χ4v) is 6.04. The second-order valence-corrected chi connectivity index (χ2v) is 10.2. The summed E-state index contributed by atoms with van der Waals surface area (Å²) < 4.78 is 2.51. The number of likely N-dealkylation sites (tertiary alicyclic amines) is 1. The number of piperidine rings is 1. The van der Waals surface area contributed by atoms with E-state index in [0.717, 1.165) is 40.5 Å². The molecule has 0 aliphatic carbocycles. The Bertz CT molecular complexity index is 1220. The zero-order valence-electron chi connectivity index (χ0n) is 20.5. The minimum absolute atomic E-state index is 0.0327. The quantitative estimate of drug-likeness (QED) is 0.464. The van der Waals surface area contributed by atoms with E-state index in [-0.39, 0.29) is 5.56 Å². The summed E-state index contributed by atoms with van der Waals surface area (Å²) in [5, 5.41) is 4.69. The predicted octanol–water partition coefficient (Wildman–Crippen LogP) is 5.33. The molecule has 1 fully saturated rings. The topological polar surface area (TPSA) is 53.1 Å². The third kappa shape index (κ3) is 4.64. The smallest absolute Gasteiger partial charge is 0.254 e. The van der Waals surface area contributed by atoms with Gasteiger partial charge in [-0.3, -0.25) is 4.79 Å². The van der Waals surface area contributed by atoms with Crippen LogP contribution in [-0.2, 0) is 6.54 Å². The molecule has 2 N–H and O–H groups in total. The minimum Gasteiger partial charge on any atom is -0.381 e. The molecule has 3 heterocycles. The van der Waals surface area contributed by atoms with E-state index >= 15 is 0 Å². The van der Waals surface area contributed by atoms with Gasteiger partial charge in [0.2, 0.25) is 0 Å². The number of fused-ring (bicyclic) bond motifs is 1. The summed E-state index contributed by atoms with van der Waals surface area (Å²) in [5.74, 6) is 0.667. The number of H-pyrrole nitrogens is 1. The summed E-state index contributed by atoms with van der Waals surface area (Å²) in [4.78, 5) is 19.0. The number of aryl methyl sites for hydroxylation is 1. The monoisotopic (exact) mass is 464 g/mol. The van der Waals surface area contributed by atoms with Crippen LogP contribution in [0, 0.1) is 19.8 Å². The lowest BCUT2D eigenvalue weighted by molar-refractivity contribution is 0.181. The van der Waals surface area contributed by atoms with Crippen molar-refractivity contribution in [2.24, 2.45) is 5.92 Å². The van der Waals surface area contributed by atoms with Crippen molar-refractivity contribution >= 4 is 28.4 Å². The molecule has 0 unspecified atom stereocenters. The number of thioether (sulfide) groups is 1. The largest absolute Gasteiger partial charge is 0.381 e. The Morgan fingerprint density at radius 3 is 2.67 bits per heavy atom. The van der Waals surface area contributed by atoms with E-state index in [0.29, 0.717) is 18.5 Å². The molecule has 0 saturated carbocycles. The molecule has 0 radical (unpaired) electrons. The van der Waals surface area contributed by atoms with Crippen LogP contribution >= 0.6 is 11.8 Å². The molecule has 2 aromatic heterocycles. The number of hydrogen-bond donors (Lipinski definition) is 2. The summed E-state index contributed by atoms with van der Waals surface area (Å²) in [5.41, 5.74) is 6.13. The van der Waals surface area contributed by atoms with Gasteiger partial charge in [0, 0.05) is 56.6 Å². The second kappa shape index (κ2) is 9.82. The van der Waals surface area contributed by atoms with Gasteiger partial charge in [-0.25, -0.2) is 0 Å². The van der Waals surface area contributed by atoms with Crippen LogP contribution in [0.4, 0.5) is 0 Å². The maximum Gasteiger partial charge on any atom is 0.254 e. The molecule has 1 aromatic carbocycles. The van der Waals surface area contributed by atoms with Crippen molar-refractivity contribution in [3.63, 3.8) is 0 Å². The SMILES string of the molecule is C=C(NCc1c(SC)cc(C)[nH]c1=O)c1c(C)n([C@H](C)C2CCN(C)CC2)c2ccccc12. The van der Waals surface area contributed by atoms with E-state index < -0.39 is 0 Å². The standard InChI is InChI=1S/C27H36N4OS/c1-17-15-25(33-6)23(27(32)29-17)16-28-18(2)26-20(4)31(24-10-8-7-9-22(24)26)19(3)21-11-13-30(5)14-12-21/h7-10,15,19,21,28H,2,11-14,16H2,1,3-6H3,(H,29,32)/t19-/m1/s1. The summed E-state index contributed by atoms with van der Waals surface area (Å²) in [7, 11) is 2.21. The van der Waals surface area contributed by atoms with Crippen molar-refractivity contribution in [2.45, 2.75) is 51.1 Å². The molecular weight excluding hydrogens is 428 g/mol. The van der Waals surface area contributed by atoms with Gasteiger partial charge in [0.05, 0.1) is 0 Å². The average Bonchev–Trinajstić information content (AvgIpc) is 3.09. The van der Waals surface area contributed by atoms with Gasteiger partial charge < -0.3 is 19.8 Å². The number of aromatic amines is 1. The van der Waals surface area contributed by atoms with Gasteiger partial charge in [0.15, 0.2) is 0 Å².